The van der Waals surface area contributed by atoms with E-state index in [1.807, 2.05) is 0 Å². The van der Waals surface area contributed by atoms with Crippen LogP contribution in [0.1, 0.15) is 54.2 Å². The molecule has 3 atom stereocenters. The Labute approximate surface area is 272 Å². The van der Waals surface area contributed by atoms with Crippen LogP contribution in [0, 0.1) is 5.82 Å². The number of rotatable bonds is 11. The van der Waals surface area contributed by atoms with Crippen molar-refractivity contribution in [3.63, 3.8) is 0 Å². The molecule has 0 unspecified atom stereocenters. The molecule has 2 aliphatic rings. The number of fused-ring (bicyclic) bond motifs is 2. The number of hydrogen-bond acceptors (Lipinski definition) is 8. The molecule has 2 aromatic carbocycles. The summed E-state index contributed by atoms with van der Waals surface area (Å²) in [5.41, 5.74) is 4.50. The van der Waals surface area contributed by atoms with Gasteiger partial charge in [-0.2, -0.15) is 13.2 Å². The number of carbonyl (C=O) groups is 2. The number of hydrogen-bond donors (Lipinski definition) is 3. The molecule has 3 heterocycles. The highest BCUT2D eigenvalue weighted by Crippen LogP contribution is 2.46. The second kappa shape index (κ2) is 12.6. The third kappa shape index (κ3) is 6.70. The standard InChI is InChI=1S/C34H32F4N4O6/c1-17(43)15-46-27-10-5-19-11-20(12-26(28(19)42-27)48-22-8-9-22)31(44)40-14-24(34(36,37)38)25-13-23-30(47-16-33(23,2)32(39)45)29(41-25)18-3-6-21(35)7-4-18/h3-7,10-13,17,22,24,43H,8-9,14-16H2,1-2H3,(H2,39,45)(H,40,44)/t17-,24-,33+/m1/s1. The molecule has 1 aliphatic heterocycles. The van der Waals surface area contributed by atoms with E-state index in [4.69, 9.17) is 19.9 Å². The first-order valence-corrected chi connectivity index (χ1v) is 15.2. The van der Waals surface area contributed by atoms with Crippen LogP contribution in [-0.2, 0) is 10.2 Å². The first-order valence-electron chi connectivity index (χ1n) is 15.2. The van der Waals surface area contributed by atoms with Crippen LogP contribution in [0.2, 0.25) is 0 Å². The van der Waals surface area contributed by atoms with E-state index in [0.29, 0.717) is 10.9 Å². The number of aliphatic hydroxyl groups excluding tert-OH is 1. The highest BCUT2D eigenvalue weighted by atomic mass is 19.4. The first kappa shape index (κ1) is 32.9. The number of pyridine rings is 2. The summed E-state index contributed by atoms with van der Waals surface area (Å²) < 4.78 is 75.0. The molecule has 0 radical (unpaired) electrons. The Morgan fingerprint density at radius 2 is 1.85 bits per heavy atom. The molecule has 6 rings (SSSR count). The zero-order valence-electron chi connectivity index (χ0n) is 25.9. The van der Waals surface area contributed by atoms with Gasteiger partial charge in [0.1, 0.15) is 53.1 Å². The van der Waals surface area contributed by atoms with E-state index < -0.39 is 53.5 Å². The van der Waals surface area contributed by atoms with Crippen molar-refractivity contribution in [2.24, 2.45) is 5.73 Å². The molecule has 0 spiro atoms. The second-order valence-electron chi connectivity index (χ2n) is 12.2. The van der Waals surface area contributed by atoms with Crippen molar-refractivity contribution in [3.8, 4) is 28.6 Å². The fraction of sp³-hybridized carbons (Fsp3) is 0.353. The molecular formula is C34H32F4N4O6. The van der Waals surface area contributed by atoms with Crippen LogP contribution in [-0.4, -0.2) is 65.0 Å². The number of aromatic nitrogens is 2. The Bertz CT molecular complexity index is 1880. The topological polar surface area (TPSA) is 146 Å². The van der Waals surface area contributed by atoms with Crippen molar-refractivity contribution < 1.29 is 46.5 Å². The number of ether oxygens (including phenoxy) is 3. The van der Waals surface area contributed by atoms with Crippen LogP contribution < -0.4 is 25.3 Å². The summed E-state index contributed by atoms with van der Waals surface area (Å²) >= 11 is 0. The van der Waals surface area contributed by atoms with Crippen molar-refractivity contribution in [1.29, 1.82) is 0 Å². The lowest BCUT2D eigenvalue weighted by Gasteiger charge is -2.24. The normalized spacial score (nSPS) is 18.5. The minimum absolute atomic E-state index is 0.0114. The van der Waals surface area contributed by atoms with Gasteiger partial charge < -0.3 is 30.4 Å². The Morgan fingerprint density at radius 3 is 2.50 bits per heavy atom. The Balaban J connectivity index is 1.33. The molecule has 0 saturated heterocycles. The van der Waals surface area contributed by atoms with Crippen molar-refractivity contribution in [2.45, 2.75) is 56.4 Å². The third-order valence-electron chi connectivity index (χ3n) is 8.26. The quantitative estimate of drug-likeness (QED) is 0.191. The van der Waals surface area contributed by atoms with Gasteiger partial charge in [-0.15, -0.1) is 0 Å². The van der Waals surface area contributed by atoms with Gasteiger partial charge in [-0.3, -0.25) is 9.59 Å². The van der Waals surface area contributed by atoms with Crippen LogP contribution in [0.5, 0.6) is 17.4 Å². The van der Waals surface area contributed by atoms with Crippen LogP contribution >= 0.6 is 0 Å². The average molecular weight is 669 g/mol. The number of benzene rings is 2. The Morgan fingerprint density at radius 1 is 1.12 bits per heavy atom. The van der Waals surface area contributed by atoms with Gasteiger partial charge in [0.2, 0.25) is 11.8 Å². The summed E-state index contributed by atoms with van der Waals surface area (Å²) in [7, 11) is 0. The predicted molar refractivity (Wildman–Crippen MR) is 165 cm³/mol. The Hall–Kier alpha value is -4.98. The van der Waals surface area contributed by atoms with Crippen LogP contribution in [0.4, 0.5) is 17.6 Å². The average Bonchev–Trinajstić information content (AvgIpc) is 3.79. The maximum atomic E-state index is 14.7. The van der Waals surface area contributed by atoms with Crippen LogP contribution in [0.25, 0.3) is 22.2 Å². The lowest BCUT2D eigenvalue weighted by Crippen LogP contribution is -2.40. The van der Waals surface area contributed by atoms with Crippen LogP contribution in [0.15, 0.2) is 54.6 Å². The summed E-state index contributed by atoms with van der Waals surface area (Å²) in [5, 5.41) is 12.4. The predicted octanol–water partition coefficient (Wildman–Crippen LogP) is 4.95. The Kier molecular flexibility index (Phi) is 8.62. The molecule has 10 nitrogen and oxygen atoms in total. The molecule has 2 aromatic heterocycles. The minimum Gasteiger partial charge on any atom is -0.489 e. The molecule has 252 valence electrons. The fourth-order valence-electron chi connectivity index (χ4n) is 5.33. The summed E-state index contributed by atoms with van der Waals surface area (Å²) in [4.78, 5) is 34.6. The summed E-state index contributed by atoms with van der Waals surface area (Å²) in [6.07, 6.45) is -4.08. The molecule has 1 saturated carbocycles. The maximum Gasteiger partial charge on any atom is 0.398 e. The number of alkyl halides is 3. The number of nitrogens with one attached hydrogen (secondary N) is 1. The van der Waals surface area contributed by atoms with E-state index in [1.54, 1.807) is 19.1 Å². The number of nitrogens with zero attached hydrogens (tertiary/aromatic N) is 2. The van der Waals surface area contributed by atoms with E-state index in [-0.39, 0.29) is 59.1 Å². The highest BCUT2D eigenvalue weighted by Gasteiger charge is 2.47. The van der Waals surface area contributed by atoms with Gasteiger partial charge in [0.15, 0.2) is 0 Å². The zero-order valence-corrected chi connectivity index (χ0v) is 25.9. The number of halogens is 4. The molecule has 1 fully saturated rings. The van der Waals surface area contributed by atoms with Crippen molar-refractivity contribution >= 4 is 22.7 Å². The number of carbonyl (C=O) groups excluding carboxylic acids is 2. The van der Waals surface area contributed by atoms with Crippen LogP contribution in [0.3, 0.4) is 0 Å². The first-order chi connectivity index (χ1) is 22.7. The largest absolute Gasteiger partial charge is 0.489 e. The van der Waals surface area contributed by atoms with E-state index in [0.717, 1.165) is 31.0 Å². The van der Waals surface area contributed by atoms with Gasteiger partial charge in [-0.05, 0) is 75.2 Å². The molecule has 14 heteroatoms. The van der Waals surface area contributed by atoms with Crippen molar-refractivity contribution in [1.82, 2.24) is 15.3 Å². The number of primary amides is 1. The number of nitrogens with two attached hydrogens (primary N) is 1. The van der Waals surface area contributed by atoms with Gasteiger partial charge in [0.25, 0.3) is 5.91 Å². The monoisotopic (exact) mass is 668 g/mol. The number of aliphatic hydroxyl groups is 1. The molecule has 0 bridgehead atoms. The summed E-state index contributed by atoms with van der Waals surface area (Å²) in [6.45, 7) is 1.92. The molecule has 4 N–H and O–H groups in total. The number of amides is 2. The highest BCUT2D eigenvalue weighted by molar-refractivity contribution is 6.00. The molecule has 2 amide bonds. The van der Waals surface area contributed by atoms with Gasteiger partial charge in [-0.25, -0.2) is 14.4 Å². The summed E-state index contributed by atoms with van der Waals surface area (Å²) in [5.74, 6) is -3.90. The maximum absolute atomic E-state index is 14.7. The summed E-state index contributed by atoms with van der Waals surface area (Å²) in [6, 6.07) is 12.2. The minimum atomic E-state index is -4.88. The van der Waals surface area contributed by atoms with Gasteiger partial charge in [-0.1, -0.05) is 0 Å². The lowest BCUT2D eigenvalue weighted by molar-refractivity contribution is -0.149. The van der Waals surface area contributed by atoms with Gasteiger partial charge in [0.05, 0.1) is 17.9 Å². The van der Waals surface area contributed by atoms with Crippen molar-refractivity contribution in [2.75, 3.05) is 19.8 Å². The van der Waals surface area contributed by atoms with Gasteiger partial charge >= 0.3 is 6.18 Å². The lowest BCUT2D eigenvalue weighted by atomic mass is 9.82. The zero-order chi connectivity index (χ0) is 34.4. The second-order valence-corrected chi connectivity index (χ2v) is 12.2. The SMILES string of the molecule is C[C@@H](O)COc1ccc2cc(C(=O)NC[C@H](c3cc4c(c(-c5ccc(F)cc5)n3)OC[C@]4(C)C(N)=O)C(F)(F)F)cc(OC3CC3)c2n1. The fourth-order valence-corrected chi connectivity index (χ4v) is 5.33. The molecule has 4 aromatic rings. The van der Waals surface area contributed by atoms with E-state index >= 15 is 0 Å². The van der Waals surface area contributed by atoms with E-state index in [1.165, 1.54) is 31.2 Å². The van der Waals surface area contributed by atoms with Gasteiger partial charge in [0, 0.05) is 34.7 Å². The van der Waals surface area contributed by atoms with E-state index in [9.17, 15) is 32.3 Å². The van der Waals surface area contributed by atoms with Crippen molar-refractivity contribution in [3.05, 3.63) is 77.2 Å². The molecule has 1 aliphatic carbocycles. The molecule has 48 heavy (non-hydrogen) atoms. The third-order valence-corrected chi connectivity index (χ3v) is 8.26. The van der Waals surface area contributed by atoms with E-state index in [2.05, 4.69) is 15.3 Å². The molecular weight excluding hydrogens is 636 g/mol. The smallest absolute Gasteiger partial charge is 0.398 e.